The molecule has 248 valence electrons. The summed E-state index contributed by atoms with van der Waals surface area (Å²) in [6, 6.07) is 0. The predicted molar refractivity (Wildman–Crippen MR) is 74.3 cm³/mol. The van der Waals surface area contributed by atoms with Crippen LogP contribution in [0.1, 0.15) is 6.92 Å². The molecule has 0 spiro atoms. The van der Waals surface area contributed by atoms with E-state index < -0.39 is 85.3 Å². The minimum atomic E-state index is -9.38. The Bertz CT molecular complexity index is 844. The van der Waals surface area contributed by atoms with Crippen molar-refractivity contribution < 1.29 is 120 Å². The zero-order valence-electron chi connectivity index (χ0n) is 18.0. The molecular formula is C14H6F24O3. The monoisotopic (exact) mass is 678 g/mol. The van der Waals surface area contributed by atoms with E-state index in [1.165, 1.54) is 4.74 Å². The highest BCUT2D eigenvalue weighted by atomic mass is 19.4. The van der Waals surface area contributed by atoms with E-state index in [9.17, 15) is 105 Å². The molecule has 0 aromatic carbocycles. The van der Waals surface area contributed by atoms with Crippen LogP contribution in [0.5, 0.6) is 0 Å². The Kier molecular flexibility index (Phi) is 9.70. The van der Waals surface area contributed by atoms with Gasteiger partial charge in [0.25, 0.3) is 18.6 Å². The van der Waals surface area contributed by atoms with E-state index in [1.54, 1.807) is 4.74 Å². The van der Waals surface area contributed by atoms with Crippen LogP contribution in [-0.4, -0.2) is 83.5 Å². The van der Waals surface area contributed by atoms with Gasteiger partial charge in [-0.15, -0.1) is 0 Å². The highest BCUT2D eigenvalue weighted by Gasteiger charge is 2.97. The summed E-state index contributed by atoms with van der Waals surface area (Å²) in [5.41, 5.74) is 0. The van der Waals surface area contributed by atoms with Gasteiger partial charge in [-0.3, -0.25) is 9.47 Å². The molecule has 2 atom stereocenters. The summed E-state index contributed by atoms with van der Waals surface area (Å²) in [5, 5.41) is 7.59. The van der Waals surface area contributed by atoms with Crippen molar-refractivity contribution in [1.82, 2.24) is 0 Å². The first kappa shape index (κ1) is 39.2. The molecule has 0 fully saturated rings. The number of ether oxygens (including phenoxy) is 2. The minimum absolute atomic E-state index is 0.859. The van der Waals surface area contributed by atoms with Crippen molar-refractivity contribution in [1.29, 1.82) is 0 Å². The highest BCUT2D eigenvalue weighted by molar-refractivity contribution is 5.16. The summed E-state index contributed by atoms with van der Waals surface area (Å²) in [6.45, 7) is -0.859. The van der Waals surface area contributed by atoms with Gasteiger partial charge in [-0.1, -0.05) is 0 Å². The fourth-order valence-corrected chi connectivity index (χ4v) is 1.93. The first-order valence-electron chi connectivity index (χ1n) is 8.77. The fourth-order valence-electron chi connectivity index (χ4n) is 1.93. The number of hydrogen-bond acceptors (Lipinski definition) is 3. The van der Waals surface area contributed by atoms with Crippen molar-refractivity contribution in [2.45, 2.75) is 85.3 Å². The second kappa shape index (κ2) is 10.1. The molecule has 0 amide bonds. The van der Waals surface area contributed by atoms with Crippen LogP contribution in [-0.2, 0) is 9.47 Å². The molecule has 0 aliphatic carbocycles. The quantitative estimate of drug-likeness (QED) is 0.194. The van der Waals surface area contributed by atoms with Gasteiger partial charge in [-0.2, -0.15) is 87.8 Å². The second-order valence-corrected chi connectivity index (χ2v) is 7.47. The van der Waals surface area contributed by atoms with E-state index in [0.29, 0.717) is 0 Å². The largest absolute Gasteiger partial charge is 0.428 e. The van der Waals surface area contributed by atoms with Crippen molar-refractivity contribution >= 4 is 0 Å². The van der Waals surface area contributed by atoms with Crippen LogP contribution >= 0.6 is 0 Å². The molecule has 0 saturated carbocycles. The molecule has 0 rings (SSSR count). The van der Waals surface area contributed by atoms with Crippen molar-refractivity contribution in [3.63, 3.8) is 0 Å². The molecule has 0 aromatic rings. The third kappa shape index (κ3) is 5.89. The number of rotatable bonds is 14. The van der Waals surface area contributed by atoms with E-state index in [1.807, 2.05) is 0 Å². The Morgan fingerprint density at radius 1 is 0.390 bits per heavy atom. The van der Waals surface area contributed by atoms with E-state index in [2.05, 4.69) is 0 Å². The summed E-state index contributed by atoms with van der Waals surface area (Å²) in [4.78, 5) is 0. The van der Waals surface area contributed by atoms with Gasteiger partial charge < -0.3 is 5.11 Å². The Morgan fingerprint density at radius 2 is 0.585 bits per heavy atom. The maximum Gasteiger partial charge on any atom is 0.428 e. The molecule has 0 aliphatic rings. The van der Waals surface area contributed by atoms with Gasteiger partial charge in [0.15, 0.2) is 0 Å². The first-order chi connectivity index (χ1) is 17.3. The maximum absolute atomic E-state index is 13.6. The van der Waals surface area contributed by atoms with Crippen molar-refractivity contribution in [3.8, 4) is 0 Å². The van der Waals surface area contributed by atoms with Gasteiger partial charge in [0.2, 0.25) is 0 Å². The average Bonchev–Trinajstić information content (AvgIpc) is 2.70. The van der Waals surface area contributed by atoms with Gasteiger partial charge in [-0.25, -0.2) is 17.6 Å². The number of halogens is 24. The minimum Gasteiger partial charge on any atom is -0.332 e. The van der Waals surface area contributed by atoms with Crippen LogP contribution in [0.2, 0.25) is 0 Å². The molecule has 0 aliphatic heterocycles. The van der Waals surface area contributed by atoms with Crippen LogP contribution < -0.4 is 0 Å². The molecule has 0 heterocycles. The predicted octanol–water partition coefficient (Wildman–Crippen LogP) is 7.48. The van der Waals surface area contributed by atoms with Crippen LogP contribution in [0.15, 0.2) is 0 Å². The lowest BCUT2D eigenvalue weighted by Gasteiger charge is -2.44. The normalized spacial score (nSPS) is 18.0. The summed E-state index contributed by atoms with van der Waals surface area (Å²) in [7, 11) is 0. The molecule has 0 aromatic heterocycles. The SMILES string of the molecule is CC(F)(F)C(F)OC(F)(F)C(F)(F)C(F)(F)C(F)(F)C(F)(F)C(F)(F)C(F)(F)C(F)(F)C(F)(F)OC(F)C(O)(F)F. The second-order valence-electron chi connectivity index (χ2n) is 7.47. The van der Waals surface area contributed by atoms with Gasteiger partial charge in [0.1, 0.15) is 0 Å². The fraction of sp³-hybridized carbons (Fsp3) is 1.00. The van der Waals surface area contributed by atoms with E-state index in [4.69, 9.17) is 5.11 Å². The number of alkyl halides is 24. The molecule has 0 saturated heterocycles. The van der Waals surface area contributed by atoms with E-state index in [0.717, 1.165) is 0 Å². The molecule has 0 radical (unpaired) electrons. The Balaban J connectivity index is 6.95. The van der Waals surface area contributed by atoms with Gasteiger partial charge in [0, 0.05) is 6.92 Å². The lowest BCUT2D eigenvalue weighted by Crippen LogP contribution is -2.76. The molecule has 41 heavy (non-hydrogen) atoms. The molecule has 1 N–H and O–H groups in total. The van der Waals surface area contributed by atoms with Crippen LogP contribution in [0.3, 0.4) is 0 Å². The third-order valence-corrected chi connectivity index (χ3v) is 4.27. The van der Waals surface area contributed by atoms with E-state index >= 15 is 0 Å². The zero-order chi connectivity index (χ0) is 34.1. The standard InChI is InChI=1S/C14H6F24O3/c1-4(17,18)2(15)40-13(35,36)11(31,32)9(27,28)7(23,24)6(21,22)8(25,26)10(29,30)12(33,34)14(37,38)41-3(16)5(19,20)39/h2-3,39H,1H3. The van der Waals surface area contributed by atoms with Crippen LogP contribution in [0.4, 0.5) is 105 Å². The summed E-state index contributed by atoms with van der Waals surface area (Å²) in [5.74, 6) is -69.1. The highest BCUT2D eigenvalue weighted by Crippen LogP contribution is 2.65. The summed E-state index contributed by atoms with van der Waals surface area (Å²) in [6.07, 6.45) is -33.3. The molecular weight excluding hydrogens is 672 g/mol. The molecule has 0 bridgehead atoms. The van der Waals surface area contributed by atoms with Crippen molar-refractivity contribution in [2.75, 3.05) is 0 Å². The van der Waals surface area contributed by atoms with Crippen LogP contribution in [0.25, 0.3) is 0 Å². The maximum atomic E-state index is 13.6. The van der Waals surface area contributed by atoms with Gasteiger partial charge in [0.05, 0.1) is 0 Å². The smallest absolute Gasteiger partial charge is 0.332 e. The third-order valence-electron chi connectivity index (χ3n) is 4.27. The van der Waals surface area contributed by atoms with Crippen molar-refractivity contribution in [3.05, 3.63) is 0 Å². The van der Waals surface area contributed by atoms with Crippen LogP contribution in [0, 0.1) is 0 Å². The van der Waals surface area contributed by atoms with Gasteiger partial charge >= 0.3 is 59.8 Å². The Labute approximate surface area is 206 Å². The number of aliphatic hydroxyl groups is 1. The first-order valence-corrected chi connectivity index (χ1v) is 8.77. The molecule has 2 unspecified atom stereocenters. The zero-order valence-corrected chi connectivity index (χ0v) is 18.0. The lowest BCUT2D eigenvalue weighted by atomic mass is 9.88. The summed E-state index contributed by atoms with van der Waals surface area (Å²) >= 11 is 0. The summed E-state index contributed by atoms with van der Waals surface area (Å²) < 4.78 is 319. The lowest BCUT2D eigenvalue weighted by molar-refractivity contribution is -0.499. The topological polar surface area (TPSA) is 38.7 Å². The Morgan fingerprint density at radius 3 is 0.780 bits per heavy atom. The number of hydrogen-bond donors (Lipinski definition) is 1. The van der Waals surface area contributed by atoms with E-state index in [-0.39, 0.29) is 0 Å². The molecule has 27 heteroatoms. The average molecular weight is 678 g/mol. The Hall–Kier alpha value is -1.80. The van der Waals surface area contributed by atoms with Gasteiger partial charge in [-0.05, 0) is 0 Å². The van der Waals surface area contributed by atoms with Crippen molar-refractivity contribution in [2.24, 2.45) is 0 Å². The molecule has 3 nitrogen and oxygen atoms in total.